The predicted molar refractivity (Wildman–Crippen MR) is 114 cm³/mol. The maximum Gasteiger partial charge on any atom is 0.261 e. The summed E-state index contributed by atoms with van der Waals surface area (Å²) in [7, 11) is -2.13. The molecule has 3 rings (SSSR count). The molecule has 29 heavy (non-hydrogen) atoms. The molecular formula is C20H19N3O4S2. The molecule has 9 heteroatoms. The third-order valence-corrected chi connectivity index (χ3v) is 6.20. The van der Waals surface area contributed by atoms with Gasteiger partial charge in [-0.25, -0.2) is 8.42 Å². The zero-order valence-electron chi connectivity index (χ0n) is 15.5. The fourth-order valence-electron chi connectivity index (χ4n) is 2.37. The zero-order chi connectivity index (χ0) is 20.7. The molecule has 7 nitrogen and oxygen atoms in total. The van der Waals surface area contributed by atoms with Crippen molar-refractivity contribution in [3.63, 3.8) is 0 Å². The molecule has 0 atom stereocenters. The SMILES string of the molecule is COc1ccc(SCC(=O)Nc2ccc(S(=O)(=O)Nc3cccnc3)cc2)cc1. The minimum Gasteiger partial charge on any atom is -0.497 e. The van der Waals surface area contributed by atoms with Crippen LogP contribution in [0.15, 0.2) is 82.8 Å². The highest BCUT2D eigenvalue weighted by Gasteiger charge is 2.14. The van der Waals surface area contributed by atoms with E-state index in [1.165, 1.54) is 30.1 Å². The van der Waals surface area contributed by atoms with E-state index in [1.54, 1.807) is 37.6 Å². The lowest BCUT2D eigenvalue weighted by atomic mass is 10.3. The largest absolute Gasteiger partial charge is 0.497 e. The molecule has 0 spiro atoms. The second-order valence-corrected chi connectivity index (χ2v) is 8.62. The first-order chi connectivity index (χ1) is 14.0. The number of amides is 1. The van der Waals surface area contributed by atoms with Crippen molar-refractivity contribution in [3.05, 3.63) is 73.1 Å². The van der Waals surface area contributed by atoms with Crippen LogP contribution < -0.4 is 14.8 Å². The van der Waals surface area contributed by atoms with Gasteiger partial charge < -0.3 is 10.1 Å². The van der Waals surface area contributed by atoms with Crippen LogP contribution in [0.1, 0.15) is 0 Å². The first kappa shape index (κ1) is 20.7. The van der Waals surface area contributed by atoms with Crippen LogP contribution in [-0.4, -0.2) is 32.2 Å². The smallest absolute Gasteiger partial charge is 0.261 e. The molecule has 1 amide bonds. The van der Waals surface area contributed by atoms with Gasteiger partial charge in [0.05, 0.1) is 29.6 Å². The van der Waals surface area contributed by atoms with Gasteiger partial charge in [-0.15, -0.1) is 11.8 Å². The number of carbonyl (C=O) groups is 1. The van der Waals surface area contributed by atoms with Crippen molar-refractivity contribution in [2.75, 3.05) is 22.9 Å². The maximum atomic E-state index is 12.4. The molecule has 2 N–H and O–H groups in total. The maximum absolute atomic E-state index is 12.4. The van der Waals surface area contributed by atoms with E-state index in [1.807, 2.05) is 24.3 Å². The number of benzene rings is 2. The van der Waals surface area contributed by atoms with Crippen molar-refractivity contribution in [2.24, 2.45) is 0 Å². The number of anilines is 2. The Morgan fingerprint density at radius 2 is 1.76 bits per heavy atom. The number of thioether (sulfide) groups is 1. The van der Waals surface area contributed by atoms with Crippen LogP contribution in [0.2, 0.25) is 0 Å². The molecule has 0 aliphatic rings. The van der Waals surface area contributed by atoms with Gasteiger partial charge in [0, 0.05) is 16.8 Å². The minimum absolute atomic E-state index is 0.0898. The predicted octanol–water partition coefficient (Wildman–Crippen LogP) is 3.62. The average molecular weight is 430 g/mol. The van der Waals surface area contributed by atoms with E-state index < -0.39 is 10.0 Å². The number of nitrogens with one attached hydrogen (secondary N) is 2. The first-order valence-electron chi connectivity index (χ1n) is 8.56. The van der Waals surface area contributed by atoms with Crippen LogP contribution in [0.25, 0.3) is 0 Å². The first-order valence-corrected chi connectivity index (χ1v) is 11.0. The minimum atomic E-state index is -3.73. The number of rotatable bonds is 8. The summed E-state index contributed by atoms with van der Waals surface area (Å²) in [4.78, 5) is 17.1. The van der Waals surface area contributed by atoms with Crippen LogP contribution in [0.5, 0.6) is 5.75 Å². The highest BCUT2D eigenvalue weighted by molar-refractivity contribution is 8.00. The van der Waals surface area contributed by atoms with E-state index in [0.717, 1.165) is 10.6 Å². The van der Waals surface area contributed by atoms with Crippen molar-refractivity contribution in [1.29, 1.82) is 0 Å². The summed E-state index contributed by atoms with van der Waals surface area (Å²) in [6.07, 6.45) is 2.98. The van der Waals surface area contributed by atoms with Gasteiger partial charge in [0.1, 0.15) is 5.75 Å². The van der Waals surface area contributed by atoms with E-state index >= 15 is 0 Å². The average Bonchev–Trinajstić information content (AvgIpc) is 2.73. The molecule has 0 unspecified atom stereocenters. The fraction of sp³-hybridized carbons (Fsp3) is 0.100. The third kappa shape index (κ3) is 5.97. The van der Waals surface area contributed by atoms with Gasteiger partial charge in [-0.1, -0.05) is 0 Å². The Labute approximate surface area is 173 Å². The van der Waals surface area contributed by atoms with Gasteiger partial charge in [-0.2, -0.15) is 0 Å². The fourth-order valence-corrected chi connectivity index (χ4v) is 4.11. The molecule has 0 saturated heterocycles. The third-order valence-electron chi connectivity index (χ3n) is 3.79. The Bertz CT molecular complexity index is 1060. The number of carbonyl (C=O) groups excluding carboxylic acids is 1. The van der Waals surface area contributed by atoms with Gasteiger partial charge in [0.25, 0.3) is 10.0 Å². The molecule has 0 fully saturated rings. The summed E-state index contributed by atoms with van der Waals surface area (Å²) in [6, 6.07) is 16.6. The van der Waals surface area contributed by atoms with E-state index in [-0.39, 0.29) is 16.6 Å². The molecule has 3 aromatic rings. The monoisotopic (exact) mass is 429 g/mol. The molecule has 0 aliphatic heterocycles. The summed E-state index contributed by atoms with van der Waals surface area (Å²) in [5.41, 5.74) is 0.895. The summed E-state index contributed by atoms with van der Waals surface area (Å²) in [5.74, 6) is 0.802. The zero-order valence-corrected chi connectivity index (χ0v) is 17.2. The Hall–Kier alpha value is -3.04. The lowest BCUT2D eigenvalue weighted by Crippen LogP contribution is -2.15. The molecule has 0 aliphatic carbocycles. The number of hydrogen-bond acceptors (Lipinski definition) is 6. The quantitative estimate of drug-likeness (QED) is 0.531. The van der Waals surface area contributed by atoms with E-state index in [4.69, 9.17) is 4.74 Å². The molecule has 1 aromatic heterocycles. The van der Waals surface area contributed by atoms with E-state index in [9.17, 15) is 13.2 Å². The number of sulfonamides is 1. The number of pyridine rings is 1. The van der Waals surface area contributed by atoms with Crippen molar-refractivity contribution in [1.82, 2.24) is 4.98 Å². The molecule has 2 aromatic carbocycles. The van der Waals surface area contributed by atoms with Crippen molar-refractivity contribution in [3.8, 4) is 5.75 Å². The Morgan fingerprint density at radius 1 is 1.03 bits per heavy atom. The van der Waals surface area contributed by atoms with Gasteiger partial charge in [-0.05, 0) is 60.7 Å². The van der Waals surface area contributed by atoms with Crippen molar-refractivity contribution < 1.29 is 17.9 Å². The van der Waals surface area contributed by atoms with Gasteiger partial charge in [0.15, 0.2) is 0 Å². The topological polar surface area (TPSA) is 97.4 Å². The number of methoxy groups -OCH3 is 1. The normalized spacial score (nSPS) is 10.9. The van der Waals surface area contributed by atoms with Gasteiger partial charge in [-0.3, -0.25) is 14.5 Å². The molecule has 1 heterocycles. The summed E-state index contributed by atoms with van der Waals surface area (Å²) >= 11 is 1.40. The Morgan fingerprint density at radius 3 is 2.38 bits per heavy atom. The summed E-state index contributed by atoms with van der Waals surface area (Å²) < 4.78 is 32.4. The summed E-state index contributed by atoms with van der Waals surface area (Å²) in [5, 5.41) is 2.75. The number of ether oxygens (including phenoxy) is 1. The standard InChI is InChI=1S/C20H19N3O4S2/c1-27-17-6-8-18(9-7-17)28-14-20(24)22-15-4-10-19(11-5-15)29(25,26)23-16-3-2-12-21-13-16/h2-13,23H,14H2,1H3,(H,22,24). The molecule has 0 bridgehead atoms. The molecule has 0 radical (unpaired) electrons. The second-order valence-electron chi connectivity index (χ2n) is 5.88. The number of nitrogens with zero attached hydrogens (tertiary/aromatic N) is 1. The Kier molecular flexibility index (Phi) is 6.73. The molecular weight excluding hydrogens is 410 g/mol. The highest BCUT2D eigenvalue weighted by atomic mass is 32.2. The summed E-state index contributed by atoms with van der Waals surface area (Å²) in [6.45, 7) is 0. The Balaban J connectivity index is 1.56. The van der Waals surface area contributed by atoms with E-state index in [2.05, 4.69) is 15.0 Å². The number of hydrogen-bond donors (Lipinski definition) is 2. The van der Waals surface area contributed by atoms with Crippen molar-refractivity contribution >= 4 is 39.1 Å². The van der Waals surface area contributed by atoms with Gasteiger partial charge >= 0.3 is 0 Å². The van der Waals surface area contributed by atoms with Crippen LogP contribution in [0.3, 0.4) is 0 Å². The van der Waals surface area contributed by atoms with Crippen molar-refractivity contribution in [2.45, 2.75) is 9.79 Å². The van der Waals surface area contributed by atoms with E-state index in [0.29, 0.717) is 11.4 Å². The molecule has 150 valence electrons. The lowest BCUT2D eigenvalue weighted by molar-refractivity contribution is -0.113. The van der Waals surface area contributed by atoms with Crippen LogP contribution >= 0.6 is 11.8 Å². The van der Waals surface area contributed by atoms with Gasteiger partial charge in [0.2, 0.25) is 5.91 Å². The highest BCUT2D eigenvalue weighted by Crippen LogP contribution is 2.22. The number of aromatic nitrogens is 1. The lowest BCUT2D eigenvalue weighted by Gasteiger charge is -2.09. The second kappa shape index (κ2) is 9.44. The van der Waals surface area contributed by atoms with Crippen LogP contribution in [0.4, 0.5) is 11.4 Å². The van der Waals surface area contributed by atoms with Crippen LogP contribution in [0, 0.1) is 0 Å². The molecule has 0 saturated carbocycles. The van der Waals surface area contributed by atoms with Crippen LogP contribution in [-0.2, 0) is 14.8 Å².